The molecule has 1 N–H and O–H groups in total. The highest BCUT2D eigenvalue weighted by Crippen LogP contribution is 2.19. The number of carboxylic acids is 1. The molecular weight excluding hydrogens is 224 g/mol. The lowest BCUT2D eigenvalue weighted by molar-refractivity contribution is 0.0643. The molecule has 0 fully saturated rings. The standard InChI is InChI=1S/C11H10N2O4/c1-2-16-8-5-3-7(4-6-8)9-12-10(11(14)15)17-13-9/h3-6H,2H2,1H3,(H,14,15). The third kappa shape index (κ3) is 2.41. The van der Waals surface area contributed by atoms with E-state index in [9.17, 15) is 4.79 Å². The van der Waals surface area contributed by atoms with Crippen molar-refractivity contribution in [3.63, 3.8) is 0 Å². The molecule has 0 atom stereocenters. The van der Waals surface area contributed by atoms with Gasteiger partial charge < -0.3 is 14.4 Å². The largest absolute Gasteiger partial charge is 0.494 e. The van der Waals surface area contributed by atoms with E-state index in [1.807, 2.05) is 6.92 Å². The molecule has 1 heterocycles. The molecule has 0 bridgehead atoms. The van der Waals surface area contributed by atoms with Crippen molar-refractivity contribution in [1.29, 1.82) is 0 Å². The van der Waals surface area contributed by atoms with E-state index in [1.54, 1.807) is 24.3 Å². The lowest BCUT2D eigenvalue weighted by Gasteiger charge is -2.02. The fraction of sp³-hybridized carbons (Fsp3) is 0.182. The summed E-state index contributed by atoms with van der Waals surface area (Å²) in [6, 6.07) is 6.99. The van der Waals surface area contributed by atoms with Crippen molar-refractivity contribution in [2.45, 2.75) is 6.92 Å². The number of nitrogens with zero attached hydrogens (tertiary/aromatic N) is 2. The second-order valence-electron chi connectivity index (χ2n) is 3.19. The topological polar surface area (TPSA) is 85.5 Å². The monoisotopic (exact) mass is 234 g/mol. The van der Waals surface area contributed by atoms with Gasteiger partial charge >= 0.3 is 11.9 Å². The average Bonchev–Trinajstić information content (AvgIpc) is 2.80. The Labute approximate surface area is 96.8 Å². The molecule has 2 rings (SSSR count). The number of benzene rings is 1. The van der Waals surface area contributed by atoms with Gasteiger partial charge in [0.2, 0.25) is 5.82 Å². The summed E-state index contributed by atoms with van der Waals surface area (Å²) in [5.41, 5.74) is 0.671. The third-order valence-corrected chi connectivity index (χ3v) is 2.03. The predicted molar refractivity (Wildman–Crippen MR) is 57.9 cm³/mol. The number of aromatic nitrogens is 2. The van der Waals surface area contributed by atoms with Crippen molar-refractivity contribution in [3.8, 4) is 17.1 Å². The van der Waals surface area contributed by atoms with Crippen LogP contribution in [0.5, 0.6) is 5.75 Å². The van der Waals surface area contributed by atoms with Gasteiger partial charge in [0.25, 0.3) is 0 Å². The van der Waals surface area contributed by atoms with E-state index in [0.29, 0.717) is 12.2 Å². The zero-order valence-corrected chi connectivity index (χ0v) is 9.08. The number of hydrogen-bond donors (Lipinski definition) is 1. The molecule has 1 aromatic heterocycles. The summed E-state index contributed by atoms with van der Waals surface area (Å²) in [4.78, 5) is 14.3. The molecule has 1 aromatic carbocycles. The summed E-state index contributed by atoms with van der Waals surface area (Å²) < 4.78 is 9.85. The molecule has 0 aliphatic heterocycles. The molecule has 0 spiro atoms. The molecule has 2 aromatic rings. The van der Waals surface area contributed by atoms with Gasteiger partial charge in [0, 0.05) is 5.56 Å². The number of aromatic carboxylic acids is 1. The maximum atomic E-state index is 10.6. The summed E-state index contributed by atoms with van der Waals surface area (Å²) in [6.07, 6.45) is 0. The van der Waals surface area contributed by atoms with E-state index in [2.05, 4.69) is 14.7 Å². The van der Waals surface area contributed by atoms with Crippen LogP contribution in [0.2, 0.25) is 0 Å². The van der Waals surface area contributed by atoms with Crippen molar-refractivity contribution < 1.29 is 19.2 Å². The average molecular weight is 234 g/mol. The molecule has 0 aliphatic rings. The summed E-state index contributed by atoms with van der Waals surface area (Å²) in [7, 11) is 0. The Kier molecular flexibility index (Phi) is 3.04. The van der Waals surface area contributed by atoms with Crippen LogP contribution < -0.4 is 4.74 Å². The second kappa shape index (κ2) is 4.65. The van der Waals surface area contributed by atoms with Crippen LogP contribution in [-0.4, -0.2) is 27.8 Å². The third-order valence-electron chi connectivity index (χ3n) is 2.03. The van der Waals surface area contributed by atoms with Crippen LogP contribution in [0, 0.1) is 0 Å². The van der Waals surface area contributed by atoms with Gasteiger partial charge in [0.15, 0.2) is 0 Å². The number of rotatable bonds is 4. The molecule has 88 valence electrons. The van der Waals surface area contributed by atoms with Gasteiger partial charge in [-0.2, -0.15) is 4.98 Å². The van der Waals surface area contributed by atoms with Crippen LogP contribution >= 0.6 is 0 Å². The normalized spacial score (nSPS) is 10.2. The number of carbonyl (C=O) groups is 1. The quantitative estimate of drug-likeness (QED) is 0.868. The highest BCUT2D eigenvalue weighted by molar-refractivity contribution is 5.82. The van der Waals surface area contributed by atoms with Gasteiger partial charge in [-0.05, 0) is 31.2 Å². The molecular formula is C11H10N2O4. The van der Waals surface area contributed by atoms with Gasteiger partial charge in [0.1, 0.15) is 5.75 Å². The lowest BCUT2D eigenvalue weighted by Crippen LogP contribution is -1.95. The summed E-state index contributed by atoms with van der Waals surface area (Å²) in [5.74, 6) is -0.688. The zero-order chi connectivity index (χ0) is 12.3. The Morgan fingerprint density at radius 1 is 1.41 bits per heavy atom. The fourth-order valence-corrected chi connectivity index (χ4v) is 1.29. The summed E-state index contributed by atoms with van der Waals surface area (Å²) >= 11 is 0. The van der Waals surface area contributed by atoms with E-state index in [-0.39, 0.29) is 5.82 Å². The SMILES string of the molecule is CCOc1ccc(-c2noc(C(=O)O)n2)cc1. The minimum absolute atomic E-state index is 0.241. The van der Waals surface area contributed by atoms with Crippen molar-refractivity contribution in [1.82, 2.24) is 10.1 Å². The Bertz CT molecular complexity index is 519. The minimum Gasteiger partial charge on any atom is -0.494 e. The lowest BCUT2D eigenvalue weighted by atomic mass is 10.2. The molecule has 17 heavy (non-hydrogen) atoms. The Morgan fingerprint density at radius 3 is 2.65 bits per heavy atom. The molecule has 0 aliphatic carbocycles. The minimum atomic E-state index is -1.24. The molecule has 0 saturated carbocycles. The van der Waals surface area contributed by atoms with Gasteiger partial charge in [-0.1, -0.05) is 5.16 Å². The van der Waals surface area contributed by atoms with E-state index in [4.69, 9.17) is 9.84 Å². The first kappa shape index (κ1) is 11.1. The van der Waals surface area contributed by atoms with E-state index < -0.39 is 11.9 Å². The number of carboxylic acid groups (broad SMARTS) is 1. The van der Waals surface area contributed by atoms with E-state index >= 15 is 0 Å². The van der Waals surface area contributed by atoms with Gasteiger partial charge in [-0.15, -0.1) is 0 Å². The smallest absolute Gasteiger partial charge is 0.394 e. The first-order chi connectivity index (χ1) is 8.20. The van der Waals surface area contributed by atoms with Crippen molar-refractivity contribution in [2.75, 3.05) is 6.61 Å². The molecule has 0 amide bonds. The molecule has 6 heteroatoms. The number of ether oxygens (including phenoxy) is 1. The zero-order valence-electron chi connectivity index (χ0n) is 9.08. The molecule has 0 unspecified atom stereocenters. The Hall–Kier alpha value is -2.37. The molecule has 0 radical (unpaired) electrons. The number of hydrogen-bond acceptors (Lipinski definition) is 5. The van der Waals surface area contributed by atoms with Crippen LogP contribution in [0.15, 0.2) is 28.8 Å². The van der Waals surface area contributed by atoms with Crippen LogP contribution in [0.4, 0.5) is 0 Å². The van der Waals surface area contributed by atoms with Crippen LogP contribution in [0.3, 0.4) is 0 Å². The first-order valence-corrected chi connectivity index (χ1v) is 5.01. The van der Waals surface area contributed by atoms with Gasteiger partial charge in [0.05, 0.1) is 6.61 Å². The second-order valence-corrected chi connectivity index (χ2v) is 3.19. The van der Waals surface area contributed by atoms with Crippen LogP contribution in [-0.2, 0) is 0 Å². The highest BCUT2D eigenvalue weighted by Gasteiger charge is 2.14. The molecule has 0 saturated heterocycles. The van der Waals surface area contributed by atoms with Crippen LogP contribution in [0.1, 0.15) is 17.6 Å². The van der Waals surface area contributed by atoms with E-state index in [1.165, 1.54) is 0 Å². The van der Waals surface area contributed by atoms with Gasteiger partial charge in [-0.25, -0.2) is 4.79 Å². The molecule has 6 nitrogen and oxygen atoms in total. The van der Waals surface area contributed by atoms with Crippen LogP contribution in [0.25, 0.3) is 11.4 Å². The van der Waals surface area contributed by atoms with E-state index in [0.717, 1.165) is 5.75 Å². The first-order valence-electron chi connectivity index (χ1n) is 5.01. The maximum Gasteiger partial charge on any atom is 0.394 e. The Morgan fingerprint density at radius 2 is 2.12 bits per heavy atom. The summed E-state index contributed by atoms with van der Waals surface area (Å²) in [5, 5.41) is 12.2. The predicted octanol–water partition coefficient (Wildman–Crippen LogP) is 1.83. The maximum absolute atomic E-state index is 10.6. The van der Waals surface area contributed by atoms with Gasteiger partial charge in [-0.3, -0.25) is 0 Å². The fourth-order valence-electron chi connectivity index (χ4n) is 1.29. The summed E-state index contributed by atoms with van der Waals surface area (Å²) in [6.45, 7) is 2.48. The van der Waals surface area contributed by atoms with Crippen molar-refractivity contribution >= 4 is 5.97 Å². The van der Waals surface area contributed by atoms with Crippen molar-refractivity contribution in [3.05, 3.63) is 30.2 Å². The Balaban J connectivity index is 2.23. The highest BCUT2D eigenvalue weighted by atomic mass is 16.5. The van der Waals surface area contributed by atoms with Crippen molar-refractivity contribution in [2.24, 2.45) is 0 Å².